The number of rotatable bonds is 4. The summed E-state index contributed by atoms with van der Waals surface area (Å²) >= 11 is 0. The van der Waals surface area contributed by atoms with Gasteiger partial charge in [-0.2, -0.15) is 0 Å². The molecule has 1 saturated carbocycles. The second-order valence-electron chi connectivity index (χ2n) is 28.7. The molecule has 0 amide bonds. The van der Waals surface area contributed by atoms with Crippen LogP contribution in [0.1, 0.15) is 157 Å². The zero-order valence-corrected chi connectivity index (χ0v) is 47.7. The molecule has 18 nitrogen and oxygen atoms in total. The summed E-state index contributed by atoms with van der Waals surface area (Å²) in [6, 6.07) is 0. The highest BCUT2D eigenvalue weighted by Crippen LogP contribution is 2.59. The van der Waals surface area contributed by atoms with Gasteiger partial charge >= 0.3 is 5.97 Å². The summed E-state index contributed by atoms with van der Waals surface area (Å²) in [5.74, 6) is -2.16. The number of fused-ring (bicyclic) bond motifs is 10. The third kappa shape index (κ3) is 9.34. The first-order valence-electron chi connectivity index (χ1n) is 31.5. The maximum atomic E-state index is 14.7. The Morgan fingerprint density at radius 1 is 0.537 bits per heavy atom. The largest absolute Gasteiger partial charge is 0.459 e. The molecule has 32 atom stereocenters. The van der Waals surface area contributed by atoms with E-state index in [1.807, 2.05) is 0 Å². The van der Waals surface area contributed by atoms with Gasteiger partial charge in [-0.1, -0.05) is 40.9 Å². The Morgan fingerprint density at radius 3 is 2.08 bits per heavy atom. The molecule has 3 spiro atoms. The molecule has 15 heterocycles. The van der Waals surface area contributed by atoms with E-state index < -0.39 is 65.7 Å². The molecule has 3 unspecified atom stereocenters. The molecule has 446 valence electrons. The van der Waals surface area contributed by atoms with Gasteiger partial charge in [0.25, 0.3) is 0 Å². The lowest BCUT2D eigenvalue weighted by Gasteiger charge is -2.52. The average Bonchev–Trinajstić information content (AvgIpc) is 4.43. The number of esters is 1. The van der Waals surface area contributed by atoms with Crippen molar-refractivity contribution in [2.24, 2.45) is 35.5 Å². The highest BCUT2D eigenvalue weighted by atomic mass is 16.8. The van der Waals surface area contributed by atoms with Crippen molar-refractivity contribution in [3.05, 3.63) is 24.3 Å². The lowest BCUT2D eigenvalue weighted by molar-refractivity contribution is -0.346. The number of ether oxygens (including phenoxy) is 14. The Morgan fingerprint density at radius 2 is 1.23 bits per heavy atom. The molecule has 0 aromatic carbocycles. The highest BCUT2D eigenvalue weighted by Gasteiger charge is 2.70. The Hall–Kier alpha value is -1.69. The minimum absolute atomic E-state index is 0.00797. The van der Waals surface area contributed by atoms with Crippen molar-refractivity contribution in [3.63, 3.8) is 0 Å². The number of aliphatic hydroxyl groups excluding tert-OH is 3. The molecule has 0 aromatic heterocycles. The quantitative estimate of drug-likeness (QED) is 0.212. The Balaban J connectivity index is 0.663. The number of carbonyl (C=O) groups is 1. The minimum Gasteiger partial charge on any atom is -0.459 e. The van der Waals surface area contributed by atoms with Crippen molar-refractivity contribution in [1.29, 1.82) is 0 Å². The minimum atomic E-state index is -0.937. The maximum absolute atomic E-state index is 14.7. The van der Waals surface area contributed by atoms with Crippen molar-refractivity contribution in [3.8, 4) is 0 Å². The van der Waals surface area contributed by atoms with Gasteiger partial charge in [0.15, 0.2) is 17.4 Å². The van der Waals surface area contributed by atoms with Crippen LogP contribution in [0.2, 0.25) is 0 Å². The van der Waals surface area contributed by atoms with Crippen LogP contribution >= 0.6 is 0 Å². The fourth-order valence-corrected chi connectivity index (χ4v) is 19.2. The third-order valence-corrected chi connectivity index (χ3v) is 23.1. The van der Waals surface area contributed by atoms with E-state index in [-0.39, 0.29) is 147 Å². The molecule has 15 saturated heterocycles. The summed E-state index contributed by atoms with van der Waals surface area (Å²) in [4.78, 5) is 14.7. The molecule has 0 radical (unpaired) electrons. The van der Waals surface area contributed by atoms with Crippen LogP contribution in [0.15, 0.2) is 24.3 Å². The molecular formula is C62H90O18. The fraction of sp³-hybridized carbons (Fsp3) is 0.919. The Kier molecular flexibility index (Phi) is 13.9. The summed E-state index contributed by atoms with van der Waals surface area (Å²) in [5.41, 5.74) is 1.37. The van der Waals surface area contributed by atoms with Gasteiger partial charge in [0, 0.05) is 63.7 Å². The normalized spacial score (nSPS) is 57.6. The van der Waals surface area contributed by atoms with Crippen LogP contribution in [0, 0.1) is 35.5 Å². The van der Waals surface area contributed by atoms with Gasteiger partial charge in [0.2, 0.25) is 0 Å². The van der Waals surface area contributed by atoms with Crippen molar-refractivity contribution in [2.45, 2.75) is 314 Å². The zero-order chi connectivity index (χ0) is 54.9. The van der Waals surface area contributed by atoms with Gasteiger partial charge in [-0.25, -0.2) is 0 Å². The van der Waals surface area contributed by atoms with Gasteiger partial charge in [0.1, 0.15) is 36.6 Å². The summed E-state index contributed by atoms with van der Waals surface area (Å²) < 4.78 is 97.9. The van der Waals surface area contributed by atoms with E-state index in [1.165, 1.54) is 0 Å². The zero-order valence-electron chi connectivity index (χ0n) is 47.7. The predicted octanol–water partition coefficient (Wildman–Crippen LogP) is 6.18. The van der Waals surface area contributed by atoms with Gasteiger partial charge in [-0.3, -0.25) is 4.79 Å². The molecule has 15 aliphatic heterocycles. The first-order valence-corrected chi connectivity index (χ1v) is 31.5. The Labute approximate surface area is 471 Å². The molecule has 1 aliphatic carbocycles. The smallest absolute Gasteiger partial charge is 0.308 e. The first kappa shape index (κ1) is 54.9. The highest BCUT2D eigenvalue weighted by molar-refractivity contribution is 5.70. The van der Waals surface area contributed by atoms with Crippen LogP contribution in [0.4, 0.5) is 0 Å². The van der Waals surface area contributed by atoms with Crippen molar-refractivity contribution >= 4 is 5.97 Å². The molecule has 16 aliphatic rings. The van der Waals surface area contributed by atoms with E-state index in [2.05, 4.69) is 47.8 Å². The Bertz CT molecular complexity index is 2390. The molecule has 3 N–H and O–H groups in total. The third-order valence-electron chi connectivity index (χ3n) is 23.1. The van der Waals surface area contributed by atoms with E-state index in [4.69, 9.17) is 66.3 Å². The van der Waals surface area contributed by atoms with Crippen LogP contribution in [-0.4, -0.2) is 185 Å². The summed E-state index contributed by atoms with van der Waals surface area (Å²) in [7, 11) is 0. The monoisotopic (exact) mass is 1120 g/mol. The van der Waals surface area contributed by atoms with Gasteiger partial charge in [0.05, 0.1) is 116 Å². The topological polar surface area (TPSA) is 207 Å². The standard InChI is InChI=1S/C62H90O18/c1-28-14-38-9-10-41-29(2)15-37(67-41)12-13-60-25-48-55(79-60)56-57(72-48)58(80-60)54-42(70-56)11-8-36(68-54)19-50(66)73-53-32(5)52-45(69-47(53)23-59(7,74-38)33(28)6)20-44-46(71-52)24-62(76-44)26-49-51(78-62)31(4)22-61(77-49)21-30(3)39-16-34(17-43(39)75-61)40(65)18-35(64)27-63/h28,30-32,34-49,51-58,63-65H,2,6,8-27H2,1,3-5,7H3/t28-,30+,31+,32+,34+,35?,36-,37+,38-,39+,40?,41+,42+,43+,44-,45+,46-,47-,48-,49+,51+,52+,53-,54+,55-,56+,57-,58+,59-,60+,61?,62+/m1/s1. The van der Waals surface area contributed by atoms with Crippen LogP contribution in [-0.2, 0) is 71.1 Å². The predicted molar refractivity (Wildman–Crippen MR) is 281 cm³/mol. The lowest BCUT2D eigenvalue weighted by Crippen LogP contribution is -2.62. The van der Waals surface area contributed by atoms with E-state index in [9.17, 15) is 20.1 Å². The molecule has 80 heavy (non-hydrogen) atoms. The SMILES string of the molecule is C=C1C[C@@H]2CC[C@@]34C[C@H]5O[C@H]6[C@@H](O3)[C@H]3O[C@H](CC[C@@H]3O[C@H]6[C@@H]5O4)CC(=O)O[C@@H]3[C@@H](C)[C@@H]4O[C@@H]5C[C@]6(C[C@@H]7OC8(C[C@H](C)[C@@H]9C[C@H](C(O)CC(O)CO)C[C@@H]9O8)C[C@H](C)[C@@H]7O6)O[C@@H]5C[C@@H]4O[C@@H]3C[C@@]3(C)O[C@H](CC[C@@H]1O2)C[C@@H](C)C3=C. The van der Waals surface area contributed by atoms with E-state index in [1.54, 1.807) is 0 Å². The van der Waals surface area contributed by atoms with Crippen LogP contribution < -0.4 is 0 Å². The number of carbonyl (C=O) groups excluding carboxylic acids is 1. The van der Waals surface area contributed by atoms with E-state index >= 15 is 0 Å². The fourth-order valence-electron chi connectivity index (χ4n) is 19.2. The molecule has 0 aromatic rings. The van der Waals surface area contributed by atoms with E-state index in [0.29, 0.717) is 63.7 Å². The molecule has 16 fully saturated rings. The number of hydrogen-bond donors (Lipinski definition) is 3. The summed E-state index contributed by atoms with van der Waals surface area (Å²) in [6.07, 6.45) is 5.07. The van der Waals surface area contributed by atoms with Gasteiger partial charge < -0.3 is 81.6 Å². The second kappa shape index (κ2) is 20.2. The summed E-state index contributed by atoms with van der Waals surface area (Å²) in [5, 5.41) is 30.6. The van der Waals surface area contributed by atoms with Crippen LogP contribution in [0.3, 0.4) is 0 Å². The number of hydrogen-bond acceptors (Lipinski definition) is 18. The maximum Gasteiger partial charge on any atom is 0.308 e. The average molecular weight is 1120 g/mol. The number of aliphatic hydroxyl groups is 3. The van der Waals surface area contributed by atoms with Crippen LogP contribution in [0.5, 0.6) is 0 Å². The van der Waals surface area contributed by atoms with Crippen molar-refractivity contribution < 1.29 is 86.4 Å². The van der Waals surface area contributed by atoms with Crippen molar-refractivity contribution in [1.82, 2.24) is 0 Å². The van der Waals surface area contributed by atoms with Gasteiger partial charge in [-0.05, 0) is 105 Å². The van der Waals surface area contributed by atoms with Crippen molar-refractivity contribution in [2.75, 3.05) is 6.61 Å². The molecular weight excluding hydrogens is 1030 g/mol. The first-order chi connectivity index (χ1) is 38.3. The lowest BCUT2D eigenvalue weighted by atomic mass is 9.74. The second-order valence-corrected chi connectivity index (χ2v) is 28.7. The molecule has 16 rings (SSSR count). The summed E-state index contributed by atoms with van der Waals surface area (Å²) in [6.45, 7) is 19.9. The molecule has 18 heteroatoms. The van der Waals surface area contributed by atoms with Crippen LogP contribution in [0.25, 0.3) is 0 Å². The molecule has 12 bridgehead atoms. The van der Waals surface area contributed by atoms with E-state index in [0.717, 1.165) is 62.5 Å². The van der Waals surface area contributed by atoms with Gasteiger partial charge in [-0.15, -0.1) is 0 Å².